The largest absolute Gasteiger partial charge is 0.364 e. The Morgan fingerprint density at radius 3 is 2.81 bits per heavy atom. The molecule has 0 saturated carbocycles. The first-order chi connectivity index (χ1) is 12.8. The maximum absolute atomic E-state index is 12.7. The summed E-state index contributed by atoms with van der Waals surface area (Å²) in [7, 11) is 1.63. The van der Waals surface area contributed by atoms with Crippen LogP contribution in [0, 0.1) is 0 Å². The van der Waals surface area contributed by atoms with Crippen LogP contribution < -0.4 is 4.90 Å². The van der Waals surface area contributed by atoms with E-state index in [-0.39, 0.29) is 12.2 Å². The summed E-state index contributed by atoms with van der Waals surface area (Å²) in [6.07, 6.45) is 5.30. The van der Waals surface area contributed by atoms with Crippen molar-refractivity contribution in [1.82, 2.24) is 15.0 Å². The standard InChI is InChI=1S/C19H16N4O2S/c1-25-12-23-15-10-13(16(24)11-14-4-2-3-7-20-14)5-6-17(15)26-19-18(23)21-8-9-22-19/h2-10H,11-12H2,1H3. The van der Waals surface area contributed by atoms with Crippen molar-refractivity contribution in [3.8, 4) is 0 Å². The lowest BCUT2D eigenvalue weighted by atomic mass is 10.1. The monoisotopic (exact) mass is 364 g/mol. The van der Waals surface area contributed by atoms with Gasteiger partial charge in [0.1, 0.15) is 11.8 Å². The summed E-state index contributed by atoms with van der Waals surface area (Å²) < 4.78 is 5.34. The highest BCUT2D eigenvalue weighted by molar-refractivity contribution is 7.99. The van der Waals surface area contributed by atoms with Crippen molar-refractivity contribution in [2.45, 2.75) is 16.3 Å². The van der Waals surface area contributed by atoms with Crippen LogP contribution in [0.1, 0.15) is 16.1 Å². The van der Waals surface area contributed by atoms with Crippen LogP contribution in [0.25, 0.3) is 0 Å². The van der Waals surface area contributed by atoms with Crippen LogP contribution in [0.5, 0.6) is 0 Å². The highest BCUT2D eigenvalue weighted by atomic mass is 32.2. The number of nitrogens with zero attached hydrogens (tertiary/aromatic N) is 4. The number of Topliss-reactive ketones (excluding diaryl/α,β-unsaturated/α-hetero) is 1. The lowest BCUT2D eigenvalue weighted by molar-refractivity contribution is 0.0992. The number of aromatic nitrogens is 3. The first-order valence-corrected chi connectivity index (χ1v) is 8.90. The van der Waals surface area contributed by atoms with Crippen LogP contribution in [0.3, 0.4) is 0 Å². The van der Waals surface area contributed by atoms with E-state index >= 15 is 0 Å². The van der Waals surface area contributed by atoms with Crippen molar-refractivity contribution in [3.05, 3.63) is 66.2 Å². The van der Waals surface area contributed by atoms with Gasteiger partial charge < -0.3 is 4.74 Å². The highest BCUT2D eigenvalue weighted by Gasteiger charge is 2.26. The van der Waals surface area contributed by atoms with Gasteiger partial charge in [0, 0.05) is 41.9 Å². The second-order valence-electron chi connectivity index (χ2n) is 5.74. The molecule has 3 aromatic rings. The van der Waals surface area contributed by atoms with E-state index in [0.717, 1.165) is 27.1 Å². The van der Waals surface area contributed by atoms with E-state index in [0.29, 0.717) is 12.3 Å². The molecule has 1 aromatic carbocycles. The number of anilines is 2. The van der Waals surface area contributed by atoms with Gasteiger partial charge in [-0.05, 0) is 24.3 Å². The van der Waals surface area contributed by atoms with Gasteiger partial charge in [-0.25, -0.2) is 9.97 Å². The van der Waals surface area contributed by atoms with E-state index in [4.69, 9.17) is 4.74 Å². The Kier molecular flexibility index (Phi) is 4.64. The smallest absolute Gasteiger partial charge is 0.168 e. The van der Waals surface area contributed by atoms with E-state index in [2.05, 4.69) is 15.0 Å². The molecule has 0 unspecified atom stereocenters. The van der Waals surface area contributed by atoms with E-state index in [1.165, 1.54) is 0 Å². The Hall–Kier alpha value is -2.77. The second kappa shape index (κ2) is 7.23. The SMILES string of the molecule is COCN1c2cc(C(=O)Cc3ccccn3)ccc2Sc2nccnc21. The summed E-state index contributed by atoms with van der Waals surface area (Å²) in [6, 6.07) is 11.3. The number of carbonyl (C=O) groups is 1. The van der Waals surface area contributed by atoms with Crippen LogP contribution >= 0.6 is 11.8 Å². The summed E-state index contributed by atoms with van der Waals surface area (Å²) in [6.45, 7) is 0.330. The van der Waals surface area contributed by atoms with Gasteiger partial charge in [-0.2, -0.15) is 0 Å². The van der Waals surface area contributed by atoms with Crippen molar-refractivity contribution in [1.29, 1.82) is 0 Å². The third-order valence-corrected chi connectivity index (χ3v) is 5.05. The molecule has 1 aliphatic rings. The minimum absolute atomic E-state index is 0.0267. The van der Waals surface area contributed by atoms with Crippen molar-refractivity contribution in [3.63, 3.8) is 0 Å². The molecule has 2 aromatic heterocycles. The number of carbonyl (C=O) groups excluding carboxylic acids is 1. The van der Waals surface area contributed by atoms with Gasteiger partial charge in [0.2, 0.25) is 0 Å². The van der Waals surface area contributed by atoms with E-state index < -0.39 is 0 Å². The molecule has 0 spiro atoms. The van der Waals surface area contributed by atoms with E-state index in [1.54, 1.807) is 37.5 Å². The number of pyridine rings is 1. The Morgan fingerprint density at radius 2 is 2.00 bits per heavy atom. The Labute approximate surface area is 155 Å². The molecule has 0 atom stereocenters. The summed E-state index contributed by atoms with van der Waals surface area (Å²) in [5.41, 5.74) is 2.30. The molecule has 0 fully saturated rings. The zero-order chi connectivity index (χ0) is 17.9. The molecule has 130 valence electrons. The van der Waals surface area contributed by atoms with Gasteiger partial charge in [-0.1, -0.05) is 23.9 Å². The van der Waals surface area contributed by atoms with Gasteiger partial charge in [0.15, 0.2) is 11.6 Å². The summed E-state index contributed by atoms with van der Waals surface area (Å²) in [5.74, 6) is 0.764. The van der Waals surface area contributed by atoms with Crippen LogP contribution in [-0.4, -0.2) is 34.6 Å². The number of hydrogen-bond acceptors (Lipinski definition) is 7. The van der Waals surface area contributed by atoms with Gasteiger partial charge in [-0.3, -0.25) is 14.7 Å². The molecule has 0 bridgehead atoms. The maximum atomic E-state index is 12.7. The molecular formula is C19H16N4O2S. The van der Waals surface area contributed by atoms with Gasteiger partial charge in [-0.15, -0.1) is 0 Å². The lowest BCUT2D eigenvalue weighted by Gasteiger charge is -2.30. The van der Waals surface area contributed by atoms with Crippen molar-refractivity contribution < 1.29 is 9.53 Å². The topological polar surface area (TPSA) is 68.2 Å². The van der Waals surface area contributed by atoms with Gasteiger partial charge >= 0.3 is 0 Å². The quantitative estimate of drug-likeness (QED) is 0.642. The van der Waals surface area contributed by atoms with Gasteiger partial charge in [0.25, 0.3) is 0 Å². The molecule has 1 aliphatic heterocycles. The Bertz CT molecular complexity index is 949. The Morgan fingerprint density at radius 1 is 1.12 bits per heavy atom. The fourth-order valence-corrected chi connectivity index (χ4v) is 3.80. The Balaban J connectivity index is 1.68. The number of hydrogen-bond donors (Lipinski definition) is 0. The van der Waals surface area contributed by atoms with Crippen LogP contribution in [0.2, 0.25) is 0 Å². The lowest BCUT2D eigenvalue weighted by Crippen LogP contribution is -2.25. The van der Waals surface area contributed by atoms with E-state index in [9.17, 15) is 4.79 Å². The average molecular weight is 364 g/mol. The first kappa shape index (κ1) is 16.7. The summed E-state index contributed by atoms with van der Waals surface area (Å²) in [5, 5.41) is 0.824. The summed E-state index contributed by atoms with van der Waals surface area (Å²) >= 11 is 1.54. The van der Waals surface area contributed by atoms with Crippen LogP contribution in [0.15, 0.2) is 64.9 Å². The molecule has 7 heteroatoms. The number of ether oxygens (including phenoxy) is 1. The van der Waals surface area contributed by atoms with E-state index in [1.807, 2.05) is 41.3 Å². The maximum Gasteiger partial charge on any atom is 0.168 e. The van der Waals surface area contributed by atoms with Crippen molar-refractivity contribution in [2.75, 3.05) is 18.7 Å². The van der Waals surface area contributed by atoms with Crippen molar-refractivity contribution >= 4 is 29.1 Å². The highest BCUT2D eigenvalue weighted by Crippen LogP contribution is 2.46. The number of rotatable bonds is 5. The molecule has 6 nitrogen and oxygen atoms in total. The number of fused-ring (bicyclic) bond motifs is 2. The molecule has 0 amide bonds. The zero-order valence-corrected chi connectivity index (χ0v) is 14.9. The molecule has 3 heterocycles. The zero-order valence-electron chi connectivity index (χ0n) is 14.1. The van der Waals surface area contributed by atoms with Crippen LogP contribution in [-0.2, 0) is 11.2 Å². The molecule has 0 N–H and O–H groups in total. The minimum Gasteiger partial charge on any atom is -0.364 e. The minimum atomic E-state index is 0.0267. The second-order valence-corrected chi connectivity index (χ2v) is 6.77. The van der Waals surface area contributed by atoms with Crippen molar-refractivity contribution in [2.24, 2.45) is 0 Å². The first-order valence-electron chi connectivity index (χ1n) is 8.09. The molecule has 0 radical (unpaired) electrons. The predicted molar refractivity (Wildman–Crippen MR) is 98.9 cm³/mol. The number of methoxy groups -OCH3 is 1. The fraction of sp³-hybridized carbons (Fsp3) is 0.158. The van der Waals surface area contributed by atoms with Crippen LogP contribution in [0.4, 0.5) is 11.5 Å². The molecule has 0 aliphatic carbocycles. The molecule has 26 heavy (non-hydrogen) atoms. The number of ketones is 1. The summed E-state index contributed by atoms with van der Waals surface area (Å²) in [4.78, 5) is 28.7. The van der Waals surface area contributed by atoms with Gasteiger partial charge in [0.05, 0.1) is 12.1 Å². The number of benzene rings is 1. The third-order valence-electron chi connectivity index (χ3n) is 4.01. The molecule has 0 saturated heterocycles. The molecular weight excluding hydrogens is 348 g/mol. The normalized spacial score (nSPS) is 12.4. The third kappa shape index (κ3) is 3.18. The fourth-order valence-electron chi connectivity index (χ4n) is 2.81. The molecule has 4 rings (SSSR count). The predicted octanol–water partition coefficient (Wildman–Crippen LogP) is 3.50. The average Bonchev–Trinajstić information content (AvgIpc) is 2.68.